The second-order valence-corrected chi connectivity index (χ2v) is 5.52. The van der Waals surface area contributed by atoms with Crippen molar-refractivity contribution < 1.29 is 14.3 Å². The van der Waals surface area contributed by atoms with Crippen LogP contribution in [0, 0.1) is 6.92 Å². The van der Waals surface area contributed by atoms with Gasteiger partial charge in [0.25, 0.3) is 0 Å². The first kappa shape index (κ1) is 17.5. The molecule has 1 N–H and O–H groups in total. The van der Waals surface area contributed by atoms with Gasteiger partial charge in [0.1, 0.15) is 11.3 Å². The normalized spacial score (nSPS) is 13.5. The molecular weight excluding hydrogens is 266 g/mol. The molecule has 0 saturated carbocycles. The van der Waals surface area contributed by atoms with Crippen molar-refractivity contribution in [2.45, 2.75) is 45.6 Å². The standard InChI is InChI=1S/C17H27NO3/c1-5-11-18-17(3,16(19)20-4)10-7-12-21-15-9-6-8-14(2)13-15/h6,8-9,13,18H,5,7,10-12H2,1-4H3. The van der Waals surface area contributed by atoms with Gasteiger partial charge in [-0.1, -0.05) is 19.1 Å². The SMILES string of the molecule is CCCNC(C)(CCCOc1cccc(C)c1)C(=O)OC. The number of nitrogens with one attached hydrogen (secondary N) is 1. The van der Waals surface area contributed by atoms with Gasteiger partial charge < -0.3 is 14.8 Å². The van der Waals surface area contributed by atoms with Gasteiger partial charge in [0.2, 0.25) is 0 Å². The Kier molecular flexibility index (Phi) is 7.23. The van der Waals surface area contributed by atoms with Gasteiger partial charge in [0, 0.05) is 0 Å². The Morgan fingerprint density at radius 1 is 1.38 bits per heavy atom. The Morgan fingerprint density at radius 3 is 2.76 bits per heavy atom. The van der Waals surface area contributed by atoms with Gasteiger partial charge in [-0.25, -0.2) is 0 Å². The van der Waals surface area contributed by atoms with E-state index in [1.54, 1.807) is 0 Å². The maximum atomic E-state index is 11.9. The van der Waals surface area contributed by atoms with E-state index in [0.29, 0.717) is 13.0 Å². The van der Waals surface area contributed by atoms with E-state index in [4.69, 9.17) is 9.47 Å². The smallest absolute Gasteiger partial charge is 0.325 e. The molecule has 1 atom stereocenters. The summed E-state index contributed by atoms with van der Waals surface area (Å²) in [5, 5.41) is 3.27. The fourth-order valence-electron chi connectivity index (χ4n) is 2.21. The van der Waals surface area contributed by atoms with E-state index in [2.05, 4.69) is 12.2 Å². The second kappa shape index (κ2) is 8.67. The monoisotopic (exact) mass is 293 g/mol. The zero-order valence-electron chi connectivity index (χ0n) is 13.6. The molecule has 0 amide bonds. The molecule has 1 unspecified atom stereocenters. The summed E-state index contributed by atoms with van der Waals surface area (Å²) in [7, 11) is 1.43. The first-order valence-electron chi connectivity index (χ1n) is 7.54. The van der Waals surface area contributed by atoms with E-state index < -0.39 is 5.54 Å². The van der Waals surface area contributed by atoms with Crippen molar-refractivity contribution in [1.82, 2.24) is 5.32 Å². The van der Waals surface area contributed by atoms with E-state index >= 15 is 0 Å². The van der Waals surface area contributed by atoms with E-state index in [-0.39, 0.29) is 5.97 Å². The number of hydrogen-bond donors (Lipinski definition) is 1. The molecule has 0 heterocycles. The van der Waals surface area contributed by atoms with Crippen LogP contribution in [0.2, 0.25) is 0 Å². The van der Waals surface area contributed by atoms with Gasteiger partial charge in [-0.3, -0.25) is 4.79 Å². The minimum atomic E-state index is -0.638. The number of ether oxygens (including phenoxy) is 2. The third-order valence-electron chi connectivity index (χ3n) is 3.48. The molecule has 4 nitrogen and oxygen atoms in total. The molecule has 0 radical (unpaired) electrons. The number of hydrogen-bond acceptors (Lipinski definition) is 4. The van der Waals surface area contributed by atoms with Crippen molar-refractivity contribution in [3.63, 3.8) is 0 Å². The molecule has 0 aliphatic rings. The molecule has 1 aromatic rings. The summed E-state index contributed by atoms with van der Waals surface area (Å²) < 4.78 is 10.6. The largest absolute Gasteiger partial charge is 0.494 e. The van der Waals surface area contributed by atoms with Crippen molar-refractivity contribution in [3.05, 3.63) is 29.8 Å². The van der Waals surface area contributed by atoms with Crippen LogP contribution in [0.15, 0.2) is 24.3 Å². The minimum Gasteiger partial charge on any atom is -0.494 e. The molecule has 1 rings (SSSR count). The number of esters is 1. The average molecular weight is 293 g/mol. The topological polar surface area (TPSA) is 47.6 Å². The lowest BCUT2D eigenvalue weighted by atomic mass is 9.96. The molecular formula is C17H27NO3. The van der Waals surface area contributed by atoms with Crippen molar-refractivity contribution in [2.24, 2.45) is 0 Å². The van der Waals surface area contributed by atoms with Crippen molar-refractivity contribution in [1.29, 1.82) is 0 Å². The highest BCUT2D eigenvalue weighted by Gasteiger charge is 2.32. The summed E-state index contributed by atoms with van der Waals surface area (Å²) in [6.07, 6.45) is 2.45. The third-order valence-corrected chi connectivity index (χ3v) is 3.48. The highest BCUT2D eigenvalue weighted by molar-refractivity contribution is 5.80. The van der Waals surface area contributed by atoms with Crippen LogP contribution in [-0.2, 0) is 9.53 Å². The van der Waals surface area contributed by atoms with Crippen LogP contribution in [-0.4, -0.2) is 31.8 Å². The Balaban J connectivity index is 2.44. The van der Waals surface area contributed by atoms with E-state index in [1.807, 2.05) is 38.1 Å². The van der Waals surface area contributed by atoms with Crippen LogP contribution in [0.4, 0.5) is 0 Å². The fraction of sp³-hybridized carbons (Fsp3) is 0.588. The number of carbonyl (C=O) groups excluding carboxylic acids is 1. The van der Waals surface area contributed by atoms with Gasteiger partial charge in [-0.15, -0.1) is 0 Å². The predicted molar refractivity (Wildman–Crippen MR) is 84.6 cm³/mol. The first-order valence-corrected chi connectivity index (χ1v) is 7.54. The van der Waals surface area contributed by atoms with Crippen LogP contribution in [0.3, 0.4) is 0 Å². The Bertz CT molecular complexity index is 447. The van der Waals surface area contributed by atoms with Crippen LogP contribution in [0.5, 0.6) is 5.75 Å². The molecule has 0 aliphatic carbocycles. The number of aryl methyl sites for hydroxylation is 1. The van der Waals surface area contributed by atoms with E-state index in [9.17, 15) is 4.79 Å². The lowest BCUT2D eigenvalue weighted by Crippen LogP contribution is -2.50. The molecule has 0 aromatic heterocycles. The summed E-state index contributed by atoms with van der Waals surface area (Å²) in [6, 6.07) is 7.97. The Morgan fingerprint density at radius 2 is 2.14 bits per heavy atom. The zero-order valence-corrected chi connectivity index (χ0v) is 13.6. The van der Waals surface area contributed by atoms with Gasteiger partial charge in [-0.05, 0) is 57.4 Å². The number of rotatable bonds is 9. The molecule has 21 heavy (non-hydrogen) atoms. The van der Waals surface area contributed by atoms with Crippen molar-refractivity contribution in [3.8, 4) is 5.75 Å². The van der Waals surface area contributed by atoms with Crippen molar-refractivity contribution in [2.75, 3.05) is 20.3 Å². The van der Waals surface area contributed by atoms with Gasteiger partial charge in [0.05, 0.1) is 13.7 Å². The molecule has 0 bridgehead atoms. The third kappa shape index (κ3) is 5.76. The van der Waals surface area contributed by atoms with Crippen LogP contribution in [0.25, 0.3) is 0 Å². The molecule has 0 spiro atoms. The van der Waals surface area contributed by atoms with Gasteiger partial charge in [0.15, 0.2) is 0 Å². The van der Waals surface area contributed by atoms with Gasteiger partial charge >= 0.3 is 5.97 Å². The lowest BCUT2D eigenvalue weighted by molar-refractivity contribution is -0.148. The lowest BCUT2D eigenvalue weighted by Gasteiger charge is -2.28. The maximum Gasteiger partial charge on any atom is 0.325 e. The van der Waals surface area contributed by atoms with E-state index in [1.165, 1.54) is 12.7 Å². The summed E-state index contributed by atoms with van der Waals surface area (Å²) in [5.41, 5.74) is 0.539. The summed E-state index contributed by atoms with van der Waals surface area (Å²) in [5.74, 6) is 0.655. The Labute approximate surface area is 127 Å². The molecule has 0 fully saturated rings. The zero-order chi connectivity index (χ0) is 15.7. The molecule has 0 saturated heterocycles. The number of methoxy groups -OCH3 is 1. The second-order valence-electron chi connectivity index (χ2n) is 5.52. The summed E-state index contributed by atoms with van der Waals surface area (Å²) in [4.78, 5) is 11.9. The average Bonchev–Trinajstić information content (AvgIpc) is 2.49. The van der Waals surface area contributed by atoms with E-state index in [0.717, 1.165) is 25.1 Å². The van der Waals surface area contributed by atoms with Crippen molar-refractivity contribution >= 4 is 5.97 Å². The van der Waals surface area contributed by atoms with Crippen LogP contribution in [0.1, 0.15) is 38.7 Å². The highest BCUT2D eigenvalue weighted by Crippen LogP contribution is 2.17. The number of benzene rings is 1. The molecule has 0 aliphatic heterocycles. The fourth-order valence-corrected chi connectivity index (χ4v) is 2.21. The minimum absolute atomic E-state index is 0.216. The predicted octanol–water partition coefficient (Wildman–Crippen LogP) is 3.09. The molecule has 118 valence electrons. The highest BCUT2D eigenvalue weighted by atomic mass is 16.5. The summed E-state index contributed by atoms with van der Waals surface area (Å²) >= 11 is 0. The van der Waals surface area contributed by atoms with Crippen LogP contribution >= 0.6 is 0 Å². The van der Waals surface area contributed by atoms with Crippen LogP contribution < -0.4 is 10.1 Å². The molecule has 4 heteroatoms. The van der Waals surface area contributed by atoms with Gasteiger partial charge in [-0.2, -0.15) is 0 Å². The number of carbonyl (C=O) groups is 1. The molecule has 1 aromatic carbocycles. The first-order chi connectivity index (χ1) is 10.0. The Hall–Kier alpha value is -1.55. The quantitative estimate of drug-likeness (QED) is 0.561. The summed E-state index contributed by atoms with van der Waals surface area (Å²) in [6.45, 7) is 7.39. The maximum absolute atomic E-state index is 11.9.